The highest BCUT2D eigenvalue weighted by molar-refractivity contribution is 7.69. The van der Waals surface area contributed by atoms with E-state index < -0.39 is 7.44 Å². The van der Waals surface area contributed by atoms with Crippen LogP contribution < -0.4 is 9.34 Å². The van der Waals surface area contributed by atoms with Crippen molar-refractivity contribution in [2.45, 2.75) is 12.1 Å². The summed E-state index contributed by atoms with van der Waals surface area (Å²) in [7, 11) is -3.46. The Bertz CT molecular complexity index is 2840. The Balaban J connectivity index is 1.15. The van der Waals surface area contributed by atoms with E-state index in [1.165, 1.54) is 0 Å². The quantitative estimate of drug-likeness (QED) is 0.166. The minimum Gasteiger partial charge on any atom is -0.309 e. The molecule has 0 bridgehead atoms. The predicted octanol–water partition coefficient (Wildman–Crippen LogP) is 13.2. The topological polar surface area (TPSA) is 33.4 Å². The first-order chi connectivity index (χ1) is 26.7. The van der Waals surface area contributed by atoms with Gasteiger partial charge in [0.15, 0.2) is 0 Å². The Labute approximate surface area is 313 Å². The van der Waals surface area contributed by atoms with Gasteiger partial charge < -0.3 is 9.13 Å². The summed E-state index contributed by atoms with van der Waals surface area (Å²) < 4.78 is 25.7. The van der Waals surface area contributed by atoms with Crippen LogP contribution in [-0.2, 0) is 4.57 Å². The minimum atomic E-state index is -3.46. The van der Waals surface area contributed by atoms with E-state index in [1.807, 2.05) is 0 Å². The lowest BCUT2D eigenvalue weighted by atomic mass is 10.1. The summed E-state index contributed by atoms with van der Waals surface area (Å²) in [4.78, 5) is 0. The van der Waals surface area contributed by atoms with Crippen molar-refractivity contribution in [2.24, 2.45) is 0 Å². The summed E-state index contributed by atoms with van der Waals surface area (Å²) in [5.41, 5.74) is 10.2. The van der Waals surface area contributed by atoms with Gasteiger partial charge in [-0.05, 0) is 91.3 Å². The van der Waals surface area contributed by atoms with E-state index in [1.54, 1.807) is 0 Å². The van der Waals surface area contributed by atoms with Crippen LogP contribution in [0.4, 0.5) is 22.7 Å². The second-order valence-electron chi connectivity index (χ2n) is 14.1. The third-order valence-electron chi connectivity index (χ3n) is 11.1. The number of rotatable bonds is 5. The average molecular weight is 715 g/mol. The zero-order valence-corrected chi connectivity index (χ0v) is 30.3. The monoisotopic (exact) mass is 714 g/mol. The first-order valence-corrected chi connectivity index (χ1v) is 20.2. The predicted molar refractivity (Wildman–Crippen MR) is 227 cm³/mol. The fourth-order valence-corrected chi connectivity index (χ4v) is 12.2. The lowest BCUT2D eigenvalue weighted by molar-refractivity contribution is 0.570. The highest BCUT2D eigenvalue weighted by atomic mass is 31.2. The number of allylic oxidation sites excluding steroid dienone is 4. The second-order valence-corrected chi connectivity index (χ2v) is 16.7. The van der Waals surface area contributed by atoms with Crippen LogP contribution in [0, 0.1) is 0 Å². The molecule has 5 nitrogen and oxygen atoms in total. The molecule has 1 aliphatic heterocycles. The molecule has 0 radical (unpaired) electrons. The summed E-state index contributed by atoms with van der Waals surface area (Å²) >= 11 is 0. The number of nitrogens with zero attached hydrogens (tertiary/aromatic N) is 4. The summed E-state index contributed by atoms with van der Waals surface area (Å²) in [5.74, 6) is 0. The van der Waals surface area contributed by atoms with Crippen LogP contribution in [0.1, 0.15) is 6.42 Å². The number of fused-ring (bicyclic) bond motifs is 7. The molecule has 258 valence electrons. The lowest BCUT2D eigenvalue weighted by Crippen LogP contribution is -2.26. The van der Waals surface area contributed by atoms with E-state index in [9.17, 15) is 0 Å². The molecule has 11 rings (SSSR count). The maximum Gasteiger partial charge on any atom is 0.278 e. The molecule has 0 amide bonds. The standard InChI is InChI=1S/C48H35N4OP/c53-54(38-20-8-3-9-21-38)51(36-28-30-45-41(32-36)39-22-10-12-24-43(39)49(45)34-16-4-1-5-17-34)47-26-14-15-27-48(47)52(54)37-29-31-46-42(33-37)40-23-11-13-25-44(40)50(46)35-18-6-2-7-19-35/h1-20,22-33,38H,21H2. The van der Waals surface area contributed by atoms with Crippen molar-refractivity contribution in [3.8, 4) is 11.4 Å². The van der Waals surface area contributed by atoms with Crippen molar-refractivity contribution in [3.63, 3.8) is 0 Å². The van der Waals surface area contributed by atoms with Crippen LogP contribution in [0.25, 0.3) is 55.0 Å². The van der Waals surface area contributed by atoms with E-state index in [4.69, 9.17) is 0 Å². The third kappa shape index (κ3) is 4.43. The van der Waals surface area contributed by atoms with Crippen LogP contribution in [0.2, 0.25) is 0 Å². The second kappa shape index (κ2) is 12.0. The Kier molecular flexibility index (Phi) is 6.89. The molecule has 6 heteroatoms. The molecule has 1 aliphatic carbocycles. The van der Waals surface area contributed by atoms with Crippen molar-refractivity contribution in [3.05, 3.63) is 194 Å². The molecular weight excluding hydrogens is 680 g/mol. The first-order valence-electron chi connectivity index (χ1n) is 18.5. The van der Waals surface area contributed by atoms with Crippen LogP contribution >= 0.6 is 7.44 Å². The molecule has 7 aromatic carbocycles. The van der Waals surface area contributed by atoms with E-state index in [0.717, 1.165) is 77.7 Å². The number of hydrogen-bond donors (Lipinski definition) is 0. The number of anilines is 4. The van der Waals surface area contributed by atoms with Gasteiger partial charge in [0.05, 0.1) is 39.1 Å². The molecule has 9 aromatic rings. The highest BCUT2D eigenvalue weighted by Gasteiger charge is 2.51. The largest absolute Gasteiger partial charge is 0.309 e. The van der Waals surface area contributed by atoms with Crippen LogP contribution in [0.15, 0.2) is 194 Å². The summed E-state index contributed by atoms with van der Waals surface area (Å²) in [6.45, 7) is 0. The van der Waals surface area contributed by atoms with Crippen molar-refractivity contribution in [1.82, 2.24) is 9.13 Å². The summed E-state index contributed by atoms with van der Waals surface area (Å²) in [6.07, 6.45) is 9.10. The van der Waals surface area contributed by atoms with Gasteiger partial charge >= 0.3 is 0 Å². The molecule has 3 heterocycles. The molecule has 0 fully saturated rings. The lowest BCUT2D eigenvalue weighted by Gasteiger charge is -2.37. The minimum absolute atomic E-state index is 0.238. The molecule has 2 aliphatic rings. The van der Waals surface area contributed by atoms with Gasteiger partial charge in [-0.25, -0.2) is 0 Å². The Hall–Kier alpha value is -6.55. The maximum absolute atomic E-state index is 16.7. The Morgan fingerprint density at radius 1 is 0.426 bits per heavy atom. The first kappa shape index (κ1) is 31.0. The third-order valence-corrected chi connectivity index (χ3v) is 14.4. The van der Waals surface area contributed by atoms with Gasteiger partial charge in [-0.3, -0.25) is 13.9 Å². The number of aromatic nitrogens is 2. The van der Waals surface area contributed by atoms with E-state index in [-0.39, 0.29) is 5.66 Å². The van der Waals surface area contributed by atoms with Gasteiger partial charge in [0.1, 0.15) is 0 Å². The van der Waals surface area contributed by atoms with Gasteiger partial charge in [0.25, 0.3) is 7.44 Å². The van der Waals surface area contributed by atoms with Crippen molar-refractivity contribution >= 4 is 73.8 Å². The van der Waals surface area contributed by atoms with Gasteiger partial charge in [-0.1, -0.05) is 109 Å². The fraction of sp³-hybridized carbons (Fsp3) is 0.0417. The summed E-state index contributed by atoms with van der Waals surface area (Å²) in [5, 5.41) is 4.59. The van der Waals surface area contributed by atoms with Gasteiger partial charge in [-0.2, -0.15) is 0 Å². The molecule has 1 atom stereocenters. The zero-order chi connectivity index (χ0) is 35.8. The molecule has 1 unspecified atom stereocenters. The molecule has 0 spiro atoms. The van der Waals surface area contributed by atoms with Crippen molar-refractivity contribution in [1.29, 1.82) is 0 Å². The molecule has 0 N–H and O–H groups in total. The summed E-state index contributed by atoms with van der Waals surface area (Å²) in [6, 6.07) is 59.8. The zero-order valence-electron chi connectivity index (χ0n) is 29.4. The van der Waals surface area contributed by atoms with Gasteiger partial charge in [0.2, 0.25) is 0 Å². The van der Waals surface area contributed by atoms with Crippen LogP contribution in [0.3, 0.4) is 0 Å². The Morgan fingerprint density at radius 3 is 1.35 bits per heavy atom. The molecule has 0 saturated carbocycles. The fourth-order valence-electron chi connectivity index (χ4n) is 8.84. The highest BCUT2D eigenvalue weighted by Crippen LogP contribution is 2.74. The molecule has 0 saturated heterocycles. The number of benzene rings is 7. The van der Waals surface area contributed by atoms with Gasteiger partial charge in [-0.15, -0.1) is 0 Å². The van der Waals surface area contributed by atoms with Gasteiger partial charge in [0, 0.05) is 44.3 Å². The Morgan fingerprint density at radius 2 is 0.870 bits per heavy atom. The molecule has 2 aromatic heterocycles. The number of para-hydroxylation sites is 6. The van der Waals surface area contributed by atoms with E-state index in [2.05, 4.69) is 213 Å². The van der Waals surface area contributed by atoms with Crippen molar-refractivity contribution in [2.75, 3.05) is 9.34 Å². The van der Waals surface area contributed by atoms with Crippen LogP contribution in [-0.4, -0.2) is 14.8 Å². The van der Waals surface area contributed by atoms with E-state index >= 15 is 4.57 Å². The van der Waals surface area contributed by atoms with Crippen LogP contribution in [0.5, 0.6) is 0 Å². The SMILES string of the molecule is O=P1(C2C=CC=CC2)N(c2ccc3c(c2)c2ccccc2n3-c2ccccc2)c2ccccc2N1c1ccc2c(c1)c1ccccc1n2-c1ccccc1. The van der Waals surface area contributed by atoms with E-state index in [0.29, 0.717) is 6.42 Å². The molecular formula is C48H35N4OP. The smallest absolute Gasteiger partial charge is 0.278 e. The average Bonchev–Trinajstić information content (AvgIpc) is 3.85. The molecule has 54 heavy (non-hydrogen) atoms. The van der Waals surface area contributed by atoms with Crippen molar-refractivity contribution < 1.29 is 4.57 Å². The normalized spacial score (nSPS) is 16.3. The number of hydrogen-bond acceptors (Lipinski definition) is 1. The maximum atomic E-state index is 16.7.